The summed E-state index contributed by atoms with van der Waals surface area (Å²) in [7, 11) is 1.39. The molecule has 0 bridgehead atoms. The maximum absolute atomic E-state index is 11.5. The fourth-order valence-corrected chi connectivity index (χ4v) is 2.00. The first kappa shape index (κ1) is 12.8. The topological polar surface area (TPSA) is 35.5 Å². The average molecular weight is 246 g/mol. The van der Waals surface area contributed by atoms with Crippen LogP contribution < -0.4 is 0 Å². The van der Waals surface area contributed by atoms with E-state index in [2.05, 4.69) is 26.0 Å². The third kappa shape index (κ3) is 2.62. The third-order valence-corrected chi connectivity index (χ3v) is 3.13. The lowest BCUT2D eigenvalue weighted by Crippen LogP contribution is -2.09. The Balaban J connectivity index is 2.38. The molecule has 0 N–H and O–H groups in total. The van der Waals surface area contributed by atoms with Gasteiger partial charge in [0.25, 0.3) is 0 Å². The number of hydrogen-bond donors (Lipinski definition) is 0. The largest absolute Gasteiger partial charge is 0.466 e. The molecule has 3 heteroatoms. The highest BCUT2D eigenvalue weighted by Gasteiger charge is 2.15. The standard InChI is InChI=1S/C15H18O3/c1-10(2)11-4-5-12-7-14(15(16)17-3)9-18-8-13(12)6-11/h4-7,10H,8-9H2,1-3H3. The molecule has 1 aliphatic heterocycles. The van der Waals surface area contributed by atoms with E-state index < -0.39 is 0 Å². The highest BCUT2D eigenvalue weighted by molar-refractivity contribution is 5.94. The van der Waals surface area contributed by atoms with Crippen molar-refractivity contribution in [3.8, 4) is 0 Å². The van der Waals surface area contributed by atoms with Gasteiger partial charge in [-0.1, -0.05) is 32.0 Å². The van der Waals surface area contributed by atoms with Crippen molar-refractivity contribution in [3.63, 3.8) is 0 Å². The van der Waals surface area contributed by atoms with Gasteiger partial charge in [-0.3, -0.25) is 0 Å². The van der Waals surface area contributed by atoms with Crippen LogP contribution in [0.5, 0.6) is 0 Å². The summed E-state index contributed by atoms with van der Waals surface area (Å²) in [5.41, 5.74) is 4.01. The van der Waals surface area contributed by atoms with Crippen LogP contribution in [0.15, 0.2) is 23.8 Å². The Morgan fingerprint density at radius 1 is 1.33 bits per heavy atom. The van der Waals surface area contributed by atoms with E-state index in [4.69, 9.17) is 9.47 Å². The van der Waals surface area contributed by atoms with E-state index in [9.17, 15) is 4.79 Å². The van der Waals surface area contributed by atoms with Crippen molar-refractivity contribution < 1.29 is 14.3 Å². The van der Waals surface area contributed by atoms with E-state index in [1.54, 1.807) is 0 Å². The van der Waals surface area contributed by atoms with Crippen molar-refractivity contribution in [2.24, 2.45) is 0 Å². The van der Waals surface area contributed by atoms with E-state index in [0.717, 1.165) is 11.1 Å². The van der Waals surface area contributed by atoms with Crippen molar-refractivity contribution in [2.45, 2.75) is 26.4 Å². The highest BCUT2D eigenvalue weighted by Crippen LogP contribution is 2.24. The molecule has 1 aromatic rings. The Labute approximate surface area is 107 Å². The van der Waals surface area contributed by atoms with E-state index in [-0.39, 0.29) is 5.97 Å². The Bertz CT molecular complexity index is 487. The molecule has 0 saturated carbocycles. The molecule has 96 valence electrons. The molecule has 0 unspecified atom stereocenters. The van der Waals surface area contributed by atoms with Gasteiger partial charge in [0.05, 0.1) is 25.9 Å². The van der Waals surface area contributed by atoms with Crippen LogP contribution in [0.2, 0.25) is 0 Å². The second-order valence-electron chi connectivity index (χ2n) is 4.77. The van der Waals surface area contributed by atoms with Gasteiger partial charge in [0.15, 0.2) is 0 Å². The molecule has 0 spiro atoms. The van der Waals surface area contributed by atoms with Gasteiger partial charge in [-0.05, 0) is 28.7 Å². The minimum absolute atomic E-state index is 0.304. The molecule has 3 nitrogen and oxygen atoms in total. The minimum Gasteiger partial charge on any atom is -0.466 e. The molecular weight excluding hydrogens is 228 g/mol. The van der Waals surface area contributed by atoms with E-state index in [0.29, 0.717) is 24.7 Å². The molecular formula is C15H18O3. The molecule has 1 heterocycles. The van der Waals surface area contributed by atoms with Crippen LogP contribution in [0, 0.1) is 0 Å². The van der Waals surface area contributed by atoms with Crippen LogP contribution >= 0.6 is 0 Å². The molecule has 0 saturated heterocycles. The molecule has 0 fully saturated rings. The van der Waals surface area contributed by atoms with Crippen LogP contribution in [-0.2, 0) is 20.9 Å². The van der Waals surface area contributed by atoms with Gasteiger partial charge in [-0.2, -0.15) is 0 Å². The van der Waals surface area contributed by atoms with E-state index in [1.807, 2.05) is 12.1 Å². The smallest absolute Gasteiger partial charge is 0.336 e. The van der Waals surface area contributed by atoms with Crippen LogP contribution in [0.3, 0.4) is 0 Å². The molecule has 0 amide bonds. The normalized spacial score (nSPS) is 14.8. The molecule has 0 atom stereocenters. The first-order chi connectivity index (χ1) is 8.61. The number of carbonyl (C=O) groups excluding carboxylic acids is 1. The number of rotatable bonds is 2. The quantitative estimate of drug-likeness (QED) is 0.753. The van der Waals surface area contributed by atoms with E-state index in [1.165, 1.54) is 12.7 Å². The second kappa shape index (κ2) is 5.36. The third-order valence-electron chi connectivity index (χ3n) is 3.13. The summed E-state index contributed by atoms with van der Waals surface area (Å²) in [5.74, 6) is 0.165. The van der Waals surface area contributed by atoms with Crippen LogP contribution in [0.1, 0.15) is 36.5 Å². The maximum Gasteiger partial charge on any atom is 0.336 e. The van der Waals surface area contributed by atoms with Crippen molar-refractivity contribution in [1.82, 2.24) is 0 Å². The van der Waals surface area contributed by atoms with Gasteiger partial charge in [-0.15, -0.1) is 0 Å². The first-order valence-electron chi connectivity index (χ1n) is 6.11. The Kier molecular flexibility index (Phi) is 3.82. The lowest BCUT2D eigenvalue weighted by Gasteiger charge is -2.09. The number of methoxy groups -OCH3 is 1. The lowest BCUT2D eigenvalue weighted by atomic mass is 9.97. The summed E-state index contributed by atoms with van der Waals surface area (Å²) < 4.78 is 10.3. The second-order valence-corrected chi connectivity index (χ2v) is 4.77. The Morgan fingerprint density at radius 3 is 2.78 bits per heavy atom. The fourth-order valence-electron chi connectivity index (χ4n) is 2.00. The number of carbonyl (C=O) groups is 1. The van der Waals surface area contributed by atoms with Crippen LogP contribution in [0.4, 0.5) is 0 Å². The molecule has 0 aromatic heterocycles. The molecule has 2 rings (SSSR count). The number of benzene rings is 1. The van der Waals surface area contributed by atoms with Crippen molar-refractivity contribution in [2.75, 3.05) is 13.7 Å². The predicted molar refractivity (Wildman–Crippen MR) is 70.2 cm³/mol. The monoisotopic (exact) mass is 246 g/mol. The van der Waals surface area contributed by atoms with Crippen molar-refractivity contribution in [3.05, 3.63) is 40.5 Å². The highest BCUT2D eigenvalue weighted by atomic mass is 16.5. The lowest BCUT2D eigenvalue weighted by molar-refractivity contribution is -0.136. The Morgan fingerprint density at radius 2 is 2.11 bits per heavy atom. The average Bonchev–Trinajstić information content (AvgIpc) is 2.58. The van der Waals surface area contributed by atoms with Gasteiger partial charge >= 0.3 is 5.97 Å². The fraction of sp³-hybridized carbons (Fsp3) is 0.400. The van der Waals surface area contributed by atoms with Gasteiger partial charge < -0.3 is 9.47 Å². The summed E-state index contributed by atoms with van der Waals surface area (Å²) in [6.07, 6.45) is 1.86. The van der Waals surface area contributed by atoms with Crippen molar-refractivity contribution in [1.29, 1.82) is 0 Å². The minimum atomic E-state index is -0.323. The van der Waals surface area contributed by atoms with E-state index >= 15 is 0 Å². The van der Waals surface area contributed by atoms with Crippen LogP contribution in [-0.4, -0.2) is 19.7 Å². The SMILES string of the molecule is COC(=O)C1=Cc2ccc(C(C)C)cc2COC1. The number of hydrogen-bond acceptors (Lipinski definition) is 3. The predicted octanol–water partition coefficient (Wildman–Crippen LogP) is 2.90. The van der Waals surface area contributed by atoms with Gasteiger partial charge in [0.2, 0.25) is 0 Å². The molecule has 1 aromatic carbocycles. The zero-order chi connectivity index (χ0) is 13.1. The number of esters is 1. The van der Waals surface area contributed by atoms with Crippen molar-refractivity contribution >= 4 is 12.0 Å². The molecule has 0 radical (unpaired) electrons. The summed E-state index contributed by atoms with van der Waals surface area (Å²) >= 11 is 0. The zero-order valence-electron chi connectivity index (χ0n) is 11.0. The van der Waals surface area contributed by atoms with Gasteiger partial charge in [-0.25, -0.2) is 4.79 Å². The maximum atomic E-state index is 11.5. The summed E-state index contributed by atoms with van der Waals surface area (Å²) in [5, 5.41) is 0. The van der Waals surface area contributed by atoms with Gasteiger partial charge in [0.1, 0.15) is 0 Å². The molecule has 0 aliphatic carbocycles. The number of ether oxygens (including phenoxy) is 2. The number of fused-ring (bicyclic) bond motifs is 1. The summed E-state index contributed by atoms with van der Waals surface area (Å²) in [6.45, 7) is 5.16. The molecule has 18 heavy (non-hydrogen) atoms. The summed E-state index contributed by atoms with van der Waals surface area (Å²) in [6, 6.07) is 6.29. The molecule has 1 aliphatic rings. The van der Waals surface area contributed by atoms with Crippen LogP contribution in [0.25, 0.3) is 6.08 Å². The zero-order valence-corrected chi connectivity index (χ0v) is 11.0. The Hall–Kier alpha value is -1.61. The van der Waals surface area contributed by atoms with Gasteiger partial charge in [0, 0.05) is 0 Å². The first-order valence-corrected chi connectivity index (χ1v) is 6.11. The summed E-state index contributed by atoms with van der Waals surface area (Å²) in [4.78, 5) is 11.5.